The molecular formula is C17H19NO. The van der Waals surface area contributed by atoms with Gasteiger partial charge in [-0.1, -0.05) is 30.3 Å². The first-order valence-corrected chi connectivity index (χ1v) is 6.82. The largest absolute Gasteiger partial charge is 0.497 e. The molecule has 0 saturated heterocycles. The van der Waals surface area contributed by atoms with Crippen LogP contribution in [0.2, 0.25) is 0 Å². The number of rotatable bonds is 5. The van der Waals surface area contributed by atoms with Gasteiger partial charge in [-0.2, -0.15) is 0 Å². The van der Waals surface area contributed by atoms with Crippen LogP contribution in [0, 0.1) is 0 Å². The summed E-state index contributed by atoms with van der Waals surface area (Å²) in [6, 6.07) is 17.0. The first-order chi connectivity index (χ1) is 9.35. The highest BCUT2D eigenvalue weighted by Crippen LogP contribution is 2.39. The number of nitrogens with one attached hydrogen (secondary N) is 1. The number of anilines is 1. The lowest BCUT2D eigenvalue weighted by Crippen LogP contribution is -1.99. The lowest BCUT2D eigenvalue weighted by Gasteiger charge is -2.08. The summed E-state index contributed by atoms with van der Waals surface area (Å²) in [6.07, 6.45) is 2.73. The van der Waals surface area contributed by atoms with Crippen LogP contribution in [0.15, 0.2) is 48.5 Å². The smallest absolute Gasteiger partial charge is 0.120 e. The van der Waals surface area contributed by atoms with Crippen molar-refractivity contribution in [1.82, 2.24) is 0 Å². The fourth-order valence-electron chi connectivity index (χ4n) is 2.26. The van der Waals surface area contributed by atoms with Gasteiger partial charge in [0.2, 0.25) is 0 Å². The molecule has 0 unspecified atom stereocenters. The third-order valence-electron chi connectivity index (χ3n) is 3.59. The van der Waals surface area contributed by atoms with Gasteiger partial charge in [-0.25, -0.2) is 0 Å². The van der Waals surface area contributed by atoms with Crippen molar-refractivity contribution < 1.29 is 4.74 Å². The van der Waals surface area contributed by atoms with Crippen LogP contribution in [0.5, 0.6) is 5.75 Å². The molecule has 2 aromatic rings. The standard InChI is InChI=1S/C17H19NO/c1-19-17-4-2-3-16(11-17)18-12-13-5-7-14(8-6-13)15-9-10-15/h2-8,11,15,18H,9-10,12H2,1H3. The van der Waals surface area contributed by atoms with E-state index in [9.17, 15) is 0 Å². The van der Waals surface area contributed by atoms with Gasteiger partial charge in [0, 0.05) is 18.3 Å². The predicted octanol–water partition coefficient (Wildman–Crippen LogP) is 4.18. The summed E-state index contributed by atoms with van der Waals surface area (Å²) in [4.78, 5) is 0. The Labute approximate surface area is 114 Å². The van der Waals surface area contributed by atoms with Crippen LogP contribution in [-0.2, 0) is 6.54 Å². The Morgan fingerprint density at radius 2 is 1.89 bits per heavy atom. The zero-order chi connectivity index (χ0) is 13.1. The van der Waals surface area contributed by atoms with Crippen LogP contribution >= 0.6 is 0 Å². The SMILES string of the molecule is COc1cccc(NCc2ccc(C3CC3)cc2)c1. The molecule has 1 saturated carbocycles. The highest BCUT2D eigenvalue weighted by Gasteiger charge is 2.22. The third-order valence-corrected chi connectivity index (χ3v) is 3.59. The van der Waals surface area contributed by atoms with Gasteiger partial charge < -0.3 is 10.1 Å². The molecule has 0 radical (unpaired) electrons. The van der Waals surface area contributed by atoms with Gasteiger partial charge in [-0.15, -0.1) is 0 Å². The molecule has 1 aliphatic rings. The Morgan fingerprint density at radius 3 is 2.58 bits per heavy atom. The van der Waals surface area contributed by atoms with E-state index in [-0.39, 0.29) is 0 Å². The van der Waals surface area contributed by atoms with Crippen LogP contribution in [-0.4, -0.2) is 7.11 Å². The van der Waals surface area contributed by atoms with Crippen LogP contribution in [0.1, 0.15) is 29.9 Å². The molecular weight excluding hydrogens is 234 g/mol. The molecule has 0 aromatic heterocycles. The summed E-state index contributed by atoms with van der Waals surface area (Å²) in [5.41, 5.74) is 3.89. The second-order valence-electron chi connectivity index (χ2n) is 5.10. The summed E-state index contributed by atoms with van der Waals surface area (Å²) in [5, 5.41) is 3.42. The second-order valence-corrected chi connectivity index (χ2v) is 5.10. The molecule has 0 atom stereocenters. The van der Waals surface area contributed by atoms with Gasteiger partial charge in [-0.05, 0) is 42.0 Å². The fourth-order valence-corrected chi connectivity index (χ4v) is 2.26. The Hall–Kier alpha value is -1.96. The number of hydrogen-bond acceptors (Lipinski definition) is 2. The topological polar surface area (TPSA) is 21.3 Å². The van der Waals surface area contributed by atoms with Gasteiger partial charge in [0.15, 0.2) is 0 Å². The van der Waals surface area contributed by atoms with E-state index in [1.54, 1.807) is 7.11 Å². The molecule has 2 nitrogen and oxygen atoms in total. The van der Waals surface area contributed by atoms with E-state index in [0.717, 1.165) is 23.9 Å². The van der Waals surface area contributed by atoms with Crippen molar-refractivity contribution in [2.75, 3.05) is 12.4 Å². The molecule has 1 aliphatic carbocycles. The summed E-state index contributed by atoms with van der Waals surface area (Å²) < 4.78 is 5.22. The van der Waals surface area contributed by atoms with Crippen LogP contribution in [0.25, 0.3) is 0 Å². The van der Waals surface area contributed by atoms with Gasteiger partial charge in [0.25, 0.3) is 0 Å². The van der Waals surface area contributed by atoms with Gasteiger partial charge in [0.05, 0.1) is 7.11 Å². The van der Waals surface area contributed by atoms with Crippen LogP contribution in [0.3, 0.4) is 0 Å². The van der Waals surface area contributed by atoms with Crippen LogP contribution in [0.4, 0.5) is 5.69 Å². The first-order valence-electron chi connectivity index (χ1n) is 6.82. The zero-order valence-electron chi connectivity index (χ0n) is 11.2. The third kappa shape index (κ3) is 3.08. The van der Waals surface area contributed by atoms with E-state index in [2.05, 4.69) is 35.6 Å². The molecule has 0 heterocycles. The summed E-state index contributed by atoms with van der Waals surface area (Å²) in [6.45, 7) is 0.845. The molecule has 98 valence electrons. The molecule has 0 aliphatic heterocycles. The normalized spacial score (nSPS) is 14.2. The lowest BCUT2D eigenvalue weighted by atomic mass is 10.1. The Bertz CT molecular complexity index is 543. The van der Waals surface area contributed by atoms with Crippen molar-refractivity contribution in [3.63, 3.8) is 0 Å². The molecule has 19 heavy (non-hydrogen) atoms. The molecule has 0 amide bonds. The van der Waals surface area contributed by atoms with E-state index in [0.29, 0.717) is 0 Å². The highest BCUT2D eigenvalue weighted by molar-refractivity contribution is 5.48. The average molecular weight is 253 g/mol. The maximum atomic E-state index is 5.22. The van der Waals surface area contributed by atoms with Crippen molar-refractivity contribution in [1.29, 1.82) is 0 Å². The minimum Gasteiger partial charge on any atom is -0.497 e. The Kier molecular flexibility index (Phi) is 3.41. The fraction of sp³-hybridized carbons (Fsp3) is 0.294. The molecule has 1 fully saturated rings. The zero-order valence-corrected chi connectivity index (χ0v) is 11.2. The van der Waals surface area contributed by atoms with Crippen molar-refractivity contribution in [2.45, 2.75) is 25.3 Å². The van der Waals surface area contributed by atoms with Crippen molar-refractivity contribution in [2.24, 2.45) is 0 Å². The van der Waals surface area contributed by atoms with Gasteiger partial charge in [0.1, 0.15) is 5.75 Å². The number of ether oxygens (including phenoxy) is 1. The van der Waals surface area contributed by atoms with Crippen LogP contribution < -0.4 is 10.1 Å². The molecule has 1 N–H and O–H groups in total. The summed E-state index contributed by atoms with van der Waals surface area (Å²) in [7, 11) is 1.69. The lowest BCUT2D eigenvalue weighted by molar-refractivity contribution is 0.415. The average Bonchev–Trinajstić information content (AvgIpc) is 3.31. The summed E-state index contributed by atoms with van der Waals surface area (Å²) >= 11 is 0. The van der Waals surface area contributed by atoms with E-state index in [1.807, 2.05) is 18.2 Å². The summed E-state index contributed by atoms with van der Waals surface area (Å²) in [5.74, 6) is 1.72. The van der Waals surface area contributed by atoms with Crippen molar-refractivity contribution >= 4 is 5.69 Å². The van der Waals surface area contributed by atoms with Gasteiger partial charge in [-0.3, -0.25) is 0 Å². The first kappa shape index (κ1) is 12.1. The number of benzene rings is 2. The second kappa shape index (κ2) is 5.35. The van der Waals surface area contributed by atoms with Crippen molar-refractivity contribution in [3.05, 3.63) is 59.7 Å². The number of methoxy groups -OCH3 is 1. The highest BCUT2D eigenvalue weighted by atomic mass is 16.5. The van der Waals surface area contributed by atoms with E-state index in [4.69, 9.17) is 4.74 Å². The minimum atomic E-state index is 0.834. The number of hydrogen-bond donors (Lipinski definition) is 1. The molecule has 0 bridgehead atoms. The van der Waals surface area contributed by atoms with E-state index in [1.165, 1.54) is 24.0 Å². The quantitative estimate of drug-likeness (QED) is 0.863. The molecule has 2 heteroatoms. The van der Waals surface area contributed by atoms with Gasteiger partial charge >= 0.3 is 0 Å². The predicted molar refractivity (Wildman–Crippen MR) is 78.7 cm³/mol. The Balaban J connectivity index is 1.61. The maximum absolute atomic E-state index is 5.22. The molecule has 2 aromatic carbocycles. The molecule has 3 rings (SSSR count). The monoisotopic (exact) mass is 253 g/mol. The Morgan fingerprint density at radius 1 is 1.11 bits per heavy atom. The maximum Gasteiger partial charge on any atom is 0.120 e. The van der Waals surface area contributed by atoms with E-state index < -0.39 is 0 Å². The van der Waals surface area contributed by atoms with E-state index >= 15 is 0 Å². The minimum absolute atomic E-state index is 0.834. The molecule has 0 spiro atoms. The van der Waals surface area contributed by atoms with Crippen molar-refractivity contribution in [3.8, 4) is 5.75 Å².